The van der Waals surface area contributed by atoms with Crippen LogP contribution >= 0.6 is 0 Å². The van der Waals surface area contributed by atoms with E-state index in [0.29, 0.717) is 13.2 Å². The fraction of sp³-hybridized carbons (Fsp3) is 0.241. The largest absolute Gasteiger partial charge is 0.478 e. The average molecular weight is 707 g/mol. The highest BCUT2D eigenvalue weighted by molar-refractivity contribution is 7.86. The Kier molecular flexibility index (Phi) is 10.8. The monoisotopic (exact) mass is 706 g/mol. The molecule has 2 amide bonds. The van der Waals surface area contributed by atoms with Crippen molar-refractivity contribution in [1.29, 1.82) is 5.41 Å². The summed E-state index contributed by atoms with van der Waals surface area (Å²) in [6.45, 7) is 2.59. The second-order valence-electron chi connectivity index (χ2n) is 10.1. The molecule has 0 aromatic heterocycles. The van der Waals surface area contributed by atoms with Gasteiger partial charge in [0, 0.05) is 42.1 Å². The summed E-state index contributed by atoms with van der Waals surface area (Å²) in [5, 5.41) is 22.5. The van der Waals surface area contributed by atoms with Gasteiger partial charge in [-0.3, -0.25) is 24.1 Å². The van der Waals surface area contributed by atoms with Crippen molar-refractivity contribution in [1.82, 2.24) is 10.6 Å². The molecule has 1 aliphatic carbocycles. The first kappa shape index (κ1) is 35.9. The number of nitrogens with two attached hydrogens (primary N) is 1. The minimum atomic E-state index is -5.20. The standard InChI is InChI=1S/C29H30N4O13S2/c1-15(34)32-8-10-44-12-13-45-11-9-33-28(35)16-2-3-17(29(36)37)20(14-16)23-18-4-6-21(30)26(47(38,39)40)24(18)46-25-19(23)5-7-22(31)27(25)48(41,42)43/h2-7,14,30H,8-13,31H2,1H3,(H,32,34)(H,33,35)(H,36,37)(H,38,39,40)(H,41,42,43). The highest BCUT2D eigenvalue weighted by Crippen LogP contribution is 2.45. The quantitative estimate of drug-likeness (QED) is 0.0422. The van der Waals surface area contributed by atoms with Crippen LogP contribution in [0.1, 0.15) is 27.6 Å². The van der Waals surface area contributed by atoms with Crippen LogP contribution in [0, 0.1) is 5.41 Å². The van der Waals surface area contributed by atoms with Crippen molar-refractivity contribution in [3.05, 3.63) is 58.9 Å². The number of fused-ring (bicyclic) bond motifs is 2. The number of hydrogen-bond donors (Lipinski definition) is 7. The van der Waals surface area contributed by atoms with Gasteiger partial charge in [0.1, 0.15) is 0 Å². The number of carbonyl (C=O) groups excluding carboxylic acids is 2. The molecule has 19 heteroatoms. The minimum Gasteiger partial charge on any atom is -0.478 e. The van der Waals surface area contributed by atoms with Crippen molar-refractivity contribution >= 4 is 54.7 Å². The topological polar surface area (TPSA) is 286 Å². The number of carbonyl (C=O) groups is 3. The molecule has 0 atom stereocenters. The molecule has 0 unspecified atom stereocenters. The molecule has 0 spiro atoms. The van der Waals surface area contributed by atoms with E-state index in [1.807, 2.05) is 0 Å². The average Bonchev–Trinajstić information content (AvgIpc) is 2.98. The van der Waals surface area contributed by atoms with Crippen LogP contribution in [0.25, 0.3) is 33.4 Å². The fourth-order valence-electron chi connectivity index (χ4n) is 4.84. The summed E-state index contributed by atoms with van der Waals surface area (Å²) in [5.74, 6) is -3.07. The number of ether oxygens (including phenoxy) is 2. The number of carboxylic acids is 1. The second-order valence-corrected chi connectivity index (χ2v) is 12.9. The van der Waals surface area contributed by atoms with Crippen LogP contribution in [-0.2, 0) is 34.5 Å². The van der Waals surface area contributed by atoms with Crippen LogP contribution in [-0.4, -0.2) is 88.3 Å². The maximum Gasteiger partial charge on any atom is 0.336 e. The molecule has 0 bridgehead atoms. The molecule has 1 aliphatic heterocycles. The first-order chi connectivity index (χ1) is 22.5. The first-order valence-corrected chi connectivity index (χ1v) is 16.8. The number of carboxylic acid groups (broad SMARTS) is 1. The number of benzene rings is 3. The molecule has 0 radical (unpaired) electrons. The van der Waals surface area contributed by atoms with E-state index in [1.165, 1.54) is 31.2 Å². The number of nitrogens with one attached hydrogen (secondary N) is 3. The summed E-state index contributed by atoms with van der Waals surface area (Å²) >= 11 is 0. The number of hydrogen-bond acceptors (Lipinski definition) is 12. The zero-order valence-electron chi connectivity index (χ0n) is 25.1. The maximum atomic E-state index is 13.1. The van der Waals surface area contributed by atoms with E-state index in [2.05, 4.69) is 10.6 Å². The van der Waals surface area contributed by atoms with Gasteiger partial charge in [-0.2, -0.15) is 16.8 Å². The van der Waals surface area contributed by atoms with Crippen molar-refractivity contribution in [3.63, 3.8) is 0 Å². The molecular formula is C29H30N4O13S2. The molecule has 17 nitrogen and oxygen atoms in total. The van der Waals surface area contributed by atoms with Gasteiger partial charge in [-0.15, -0.1) is 0 Å². The summed E-state index contributed by atoms with van der Waals surface area (Å²) < 4.78 is 85.9. The maximum absolute atomic E-state index is 13.1. The Morgan fingerprint density at radius 2 is 1.48 bits per heavy atom. The predicted molar refractivity (Wildman–Crippen MR) is 168 cm³/mol. The van der Waals surface area contributed by atoms with E-state index >= 15 is 0 Å². The van der Waals surface area contributed by atoms with Gasteiger partial charge in [0.15, 0.2) is 21.1 Å². The van der Waals surface area contributed by atoms with Crippen LogP contribution in [0.5, 0.6) is 0 Å². The zero-order valence-corrected chi connectivity index (χ0v) is 26.7. The molecule has 0 fully saturated rings. The SMILES string of the molecule is CC(=O)NCCOCCOCCNC(=O)c1ccc(C(=O)O)c(-c2c3ccc(=N)c(S(=O)(=O)O)c-3oc3c(S(=O)(=O)O)c(N)ccc23)c1. The van der Waals surface area contributed by atoms with Gasteiger partial charge in [0.05, 0.1) is 43.0 Å². The third kappa shape index (κ3) is 7.95. The van der Waals surface area contributed by atoms with E-state index in [0.717, 1.165) is 18.2 Å². The zero-order chi connectivity index (χ0) is 35.4. The van der Waals surface area contributed by atoms with Crippen molar-refractivity contribution < 1.29 is 59.3 Å². The van der Waals surface area contributed by atoms with Crippen molar-refractivity contribution in [2.75, 3.05) is 45.3 Å². The summed E-state index contributed by atoms with van der Waals surface area (Å²) in [5.41, 5.74) is 3.57. The Morgan fingerprint density at radius 1 is 0.854 bits per heavy atom. The molecule has 1 heterocycles. The number of nitrogen functional groups attached to an aromatic ring is 1. The Bertz CT molecular complexity index is 2160. The lowest BCUT2D eigenvalue weighted by Crippen LogP contribution is -2.28. The Labute approximate surface area is 273 Å². The van der Waals surface area contributed by atoms with Crippen LogP contribution in [0.3, 0.4) is 0 Å². The van der Waals surface area contributed by atoms with E-state index in [-0.39, 0.29) is 59.9 Å². The van der Waals surface area contributed by atoms with E-state index < -0.39 is 69.9 Å². The van der Waals surface area contributed by atoms with E-state index in [1.54, 1.807) is 0 Å². The van der Waals surface area contributed by atoms with Gasteiger partial charge in [-0.1, -0.05) is 0 Å². The van der Waals surface area contributed by atoms with Crippen LogP contribution < -0.4 is 21.7 Å². The van der Waals surface area contributed by atoms with Crippen molar-refractivity contribution in [2.24, 2.45) is 0 Å². The fourth-order valence-corrected chi connectivity index (χ4v) is 6.32. The van der Waals surface area contributed by atoms with E-state index in [9.17, 15) is 45.4 Å². The number of amides is 2. The summed E-state index contributed by atoms with van der Waals surface area (Å²) in [6, 6.07) is 7.99. The molecule has 2 aromatic rings. The molecule has 8 N–H and O–H groups in total. The van der Waals surface area contributed by atoms with Gasteiger partial charge in [-0.25, -0.2) is 4.79 Å². The normalized spacial score (nSPS) is 11.9. The van der Waals surface area contributed by atoms with Gasteiger partial charge in [-0.05, 0) is 48.0 Å². The van der Waals surface area contributed by atoms with Crippen molar-refractivity contribution in [2.45, 2.75) is 16.7 Å². The molecule has 256 valence electrons. The summed E-state index contributed by atoms with van der Waals surface area (Å²) in [4.78, 5) is 34.3. The number of rotatable bonds is 14. The number of anilines is 1. The lowest BCUT2D eigenvalue weighted by atomic mass is 9.89. The number of aromatic carboxylic acids is 1. The molecule has 2 aromatic carbocycles. The van der Waals surface area contributed by atoms with Crippen LogP contribution in [0.4, 0.5) is 5.69 Å². The first-order valence-electron chi connectivity index (χ1n) is 13.9. The predicted octanol–water partition coefficient (Wildman–Crippen LogP) is 1.36. The van der Waals surface area contributed by atoms with Gasteiger partial charge in [0.25, 0.3) is 26.1 Å². The highest BCUT2D eigenvalue weighted by Gasteiger charge is 2.32. The molecule has 0 saturated heterocycles. The van der Waals surface area contributed by atoms with E-state index in [4.69, 9.17) is 25.0 Å². The Hall–Kier alpha value is -4.92. The van der Waals surface area contributed by atoms with Crippen LogP contribution in [0.2, 0.25) is 0 Å². The molecule has 48 heavy (non-hydrogen) atoms. The molecule has 0 saturated carbocycles. The molecule has 2 aliphatic rings. The lowest BCUT2D eigenvalue weighted by Gasteiger charge is -2.20. The summed E-state index contributed by atoms with van der Waals surface area (Å²) in [7, 11) is -10.4. The minimum absolute atomic E-state index is 0.0395. The van der Waals surface area contributed by atoms with Gasteiger partial charge in [0.2, 0.25) is 5.91 Å². The Morgan fingerprint density at radius 3 is 2.06 bits per heavy atom. The third-order valence-corrected chi connectivity index (χ3v) is 8.68. The van der Waals surface area contributed by atoms with Gasteiger partial charge < -0.3 is 35.4 Å². The molecular weight excluding hydrogens is 676 g/mol. The highest BCUT2D eigenvalue weighted by atomic mass is 32.2. The Balaban J connectivity index is 1.77. The lowest BCUT2D eigenvalue weighted by molar-refractivity contribution is -0.119. The smallest absolute Gasteiger partial charge is 0.336 e. The summed E-state index contributed by atoms with van der Waals surface area (Å²) in [6.07, 6.45) is 0. The second kappa shape index (κ2) is 14.5. The van der Waals surface area contributed by atoms with Gasteiger partial charge >= 0.3 is 5.97 Å². The third-order valence-electron chi connectivity index (χ3n) is 6.82. The van der Waals surface area contributed by atoms with Crippen LogP contribution in [0.15, 0.2) is 56.7 Å². The van der Waals surface area contributed by atoms with Crippen molar-refractivity contribution in [3.8, 4) is 22.5 Å². The molecule has 4 rings (SSSR count).